The smallest absolute Gasteiger partial charge is 0.261 e. The molecule has 2 N–H and O–H groups in total. The first-order valence-electron chi connectivity index (χ1n) is 11.2. The molecule has 0 saturated heterocycles. The van der Waals surface area contributed by atoms with E-state index < -0.39 is 12.0 Å². The van der Waals surface area contributed by atoms with Gasteiger partial charge in [0.25, 0.3) is 5.91 Å². The molecule has 5 nitrogen and oxygen atoms in total. The van der Waals surface area contributed by atoms with Gasteiger partial charge in [-0.2, -0.15) is 0 Å². The van der Waals surface area contributed by atoms with Gasteiger partial charge in [0.1, 0.15) is 6.04 Å². The second-order valence-electron chi connectivity index (χ2n) is 7.97. The van der Waals surface area contributed by atoms with Crippen molar-refractivity contribution in [2.45, 2.75) is 18.9 Å². The van der Waals surface area contributed by atoms with Crippen molar-refractivity contribution in [3.8, 4) is 0 Å². The fraction of sp³-hybridized carbons (Fsp3) is 0.103. The third kappa shape index (κ3) is 5.51. The van der Waals surface area contributed by atoms with Gasteiger partial charge >= 0.3 is 0 Å². The van der Waals surface area contributed by atoms with Crippen LogP contribution < -0.4 is 15.8 Å². The number of nitrogens with one attached hydrogen (secondary N) is 2. The lowest BCUT2D eigenvalue weighted by atomic mass is 9.90. The molecule has 0 bridgehead atoms. The van der Waals surface area contributed by atoms with Crippen LogP contribution in [0.3, 0.4) is 0 Å². The van der Waals surface area contributed by atoms with Gasteiger partial charge in [0, 0.05) is 0 Å². The van der Waals surface area contributed by atoms with Gasteiger partial charge in [-0.15, -0.1) is 0 Å². The number of para-hydroxylation sites is 2. The Hall–Kier alpha value is -4.38. The van der Waals surface area contributed by atoms with Crippen molar-refractivity contribution in [3.05, 3.63) is 132 Å². The van der Waals surface area contributed by atoms with Gasteiger partial charge in [-0.3, -0.25) is 20.0 Å². The van der Waals surface area contributed by atoms with Gasteiger partial charge in [-0.05, 0) is 42.3 Å². The van der Waals surface area contributed by atoms with Crippen molar-refractivity contribution in [2.24, 2.45) is 0 Å². The minimum atomic E-state index is -0.752. The van der Waals surface area contributed by atoms with Gasteiger partial charge in [-0.25, -0.2) is 0 Å². The summed E-state index contributed by atoms with van der Waals surface area (Å²) in [7, 11) is 0. The topological polar surface area (TPSA) is 61.4 Å². The first-order valence-corrected chi connectivity index (χ1v) is 11.2. The van der Waals surface area contributed by atoms with E-state index in [0.717, 1.165) is 22.5 Å². The summed E-state index contributed by atoms with van der Waals surface area (Å²) in [6.45, 7) is 1.69. The molecular weight excluding hydrogens is 422 g/mol. The minimum Gasteiger partial charge on any atom is -0.344 e. The lowest BCUT2D eigenvalue weighted by Gasteiger charge is -2.28. The van der Waals surface area contributed by atoms with E-state index in [-0.39, 0.29) is 11.8 Å². The second kappa shape index (κ2) is 11.0. The Morgan fingerprint density at radius 3 is 1.38 bits per heavy atom. The molecule has 34 heavy (non-hydrogen) atoms. The molecule has 0 heterocycles. The van der Waals surface area contributed by atoms with Gasteiger partial charge in [0.15, 0.2) is 0 Å². The Bertz CT molecular complexity index is 1120. The number of hydrazine groups is 1. The summed E-state index contributed by atoms with van der Waals surface area (Å²) < 4.78 is 0. The molecule has 4 aromatic rings. The zero-order valence-electron chi connectivity index (χ0n) is 19.0. The highest BCUT2D eigenvalue weighted by Crippen LogP contribution is 2.25. The van der Waals surface area contributed by atoms with E-state index in [0.29, 0.717) is 0 Å². The largest absolute Gasteiger partial charge is 0.344 e. The summed E-state index contributed by atoms with van der Waals surface area (Å²) >= 11 is 0. The maximum atomic E-state index is 13.4. The lowest BCUT2D eigenvalue weighted by molar-refractivity contribution is -0.128. The SMILES string of the molecule is C[C@H](NC(=O)C(c1ccccc1)c1ccccc1)C(=O)NN(c1ccccc1)c1ccccc1. The molecule has 4 rings (SSSR count). The van der Waals surface area contributed by atoms with Crippen molar-refractivity contribution in [2.75, 3.05) is 5.01 Å². The molecule has 0 spiro atoms. The first kappa shape index (κ1) is 22.8. The lowest BCUT2D eigenvalue weighted by Crippen LogP contribution is -2.50. The maximum Gasteiger partial charge on any atom is 0.261 e. The monoisotopic (exact) mass is 449 g/mol. The van der Waals surface area contributed by atoms with Crippen LogP contribution in [0.2, 0.25) is 0 Å². The number of carbonyl (C=O) groups excluding carboxylic acids is 2. The highest BCUT2D eigenvalue weighted by Gasteiger charge is 2.26. The van der Waals surface area contributed by atoms with Crippen molar-refractivity contribution >= 4 is 23.2 Å². The Kier molecular flexibility index (Phi) is 7.35. The predicted molar refractivity (Wildman–Crippen MR) is 135 cm³/mol. The summed E-state index contributed by atoms with van der Waals surface area (Å²) in [5.74, 6) is -1.07. The fourth-order valence-electron chi connectivity index (χ4n) is 3.79. The Morgan fingerprint density at radius 2 is 0.971 bits per heavy atom. The Labute approximate surface area is 200 Å². The van der Waals surface area contributed by atoms with Crippen LogP contribution >= 0.6 is 0 Å². The number of hydrogen-bond acceptors (Lipinski definition) is 3. The molecule has 0 aliphatic heterocycles. The van der Waals surface area contributed by atoms with Crippen LogP contribution in [-0.2, 0) is 9.59 Å². The standard InChI is InChI=1S/C29H27N3O2/c1-22(28(33)31-32(25-18-10-4-11-19-25)26-20-12-5-13-21-26)30-29(34)27(23-14-6-2-7-15-23)24-16-8-3-9-17-24/h2-22,27H,1H3,(H,30,34)(H,31,33)/t22-/m0/s1. The van der Waals surface area contributed by atoms with E-state index in [9.17, 15) is 9.59 Å². The molecule has 5 heteroatoms. The van der Waals surface area contributed by atoms with Crippen LogP contribution in [0.25, 0.3) is 0 Å². The van der Waals surface area contributed by atoms with Crippen molar-refractivity contribution in [1.82, 2.24) is 10.7 Å². The minimum absolute atomic E-state index is 0.231. The van der Waals surface area contributed by atoms with Gasteiger partial charge in [-0.1, -0.05) is 97.1 Å². The average Bonchev–Trinajstić information content (AvgIpc) is 2.89. The number of carbonyl (C=O) groups is 2. The molecule has 0 aromatic heterocycles. The number of hydrogen-bond donors (Lipinski definition) is 2. The van der Waals surface area contributed by atoms with Crippen molar-refractivity contribution in [1.29, 1.82) is 0 Å². The number of nitrogens with zero attached hydrogens (tertiary/aromatic N) is 1. The number of rotatable bonds is 8. The molecule has 2 amide bonds. The van der Waals surface area contributed by atoms with E-state index in [1.807, 2.05) is 121 Å². The zero-order valence-corrected chi connectivity index (χ0v) is 19.0. The molecule has 0 saturated carbocycles. The normalized spacial score (nSPS) is 11.5. The van der Waals surface area contributed by atoms with E-state index in [4.69, 9.17) is 0 Å². The van der Waals surface area contributed by atoms with Crippen LogP contribution in [0.4, 0.5) is 11.4 Å². The molecule has 170 valence electrons. The molecule has 4 aromatic carbocycles. The first-order chi connectivity index (χ1) is 16.6. The van der Waals surface area contributed by atoms with E-state index in [2.05, 4.69) is 10.7 Å². The van der Waals surface area contributed by atoms with E-state index >= 15 is 0 Å². The van der Waals surface area contributed by atoms with Crippen molar-refractivity contribution < 1.29 is 9.59 Å². The van der Waals surface area contributed by atoms with Gasteiger partial charge in [0.2, 0.25) is 5.91 Å². The highest BCUT2D eigenvalue weighted by atomic mass is 16.2. The number of anilines is 2. The predicted octanol–water partition coefficient (Wildman–Crippen LogP) is 5.19. The average molecular weight is 450 g/mol. The van der Waals surface area contributed by atoms with Crippen LogP contribution in [0, 0.1) is 0 Å². The van der Waals surface area contributed by atoms with Gasteiger partial charge < -0.3 is 5.32 Å². The summed E-state index contributed by atoms with van der Waals surface area (Å²) in [4.78, 5) is 26.5. The highest BCUT2D eigenvalue weighted by molar-refractivity contribution is 5.93. The Balaban J connectivity index is 1.53. The fourth-order valence-corrected chi connectivity index (χ4v) is 3.79. The molecule has 0 fully saturated rings. The summed E-state index contributed by atoms with van der Waals surface area (Å²) in [5.41, 5.74) is 6.32. The van der Waals surface area contributed by atoms with Crippen LogP contribution in [0.5, 0.6) is 0 Å². The van der Waals surface area contributed by atoms with Crippen LogP contribution in [0.15, 0.2) is 121 Å². The molecule has 0 unspecified atom stereocenters. The van der Waals surface area contributed by atoms with Crippen molar-refractivity contribution in [3.63, 3.8) is 0 Å². The maximum absolute atomic E-state index is 13.4. The van der Waals surface area contributed by atoms with E-state index in [1.54, 1.807) is 11.9 Å². The number of amides is 2. The summed E-state index contributed by atoms with van der Waals surface area (Å²) in [6.07, 6.45) is 0. The molecule has 0 aliphatic carbocycles. The molecule has 0 aliphatic rings. The number of benzene rings is 4. The molecular formula is C29H27N3O2. The second-order valence-corrected chi connectivity index (χ2v) is 7.97. The third-order valence-electron chi connectivity index (χ3n) is 5.53. The van der Waals surface area contributed by atoms with Gasteiger partial charge in [0.05, 0.1) is 17.3 Å². The molecule has 0 radical (unpaired) electrons. The van der Waals surface area contributed by atoms with Crippen LogP contribution in [0.1, 0.15) is 24.0 Å². The van der Waals surface area contributed by atoms with Crippen LogP contribution in [-0.4, -0.2) is 17.9 Å². The quantitative estimate of drug-likeness (QED) is 0.364. The summed E-state index contributed by atoms with van der Waals surface area (Å²) in [5, 5.41) is 4.63. The third-order valence-corrected chi connectivity index (χ3v) is 5.53. The van der Waals surface area contributed by atoms with E-state index in [1.165, 1.54) is 0 Å². The Morgan fingerprint density at radius 1 is 0.588 bits per heavy atom. The zero-order chi connectivity index (χ0) is 23.8. The summed E-state index contributed by atoms with van der Waals surface area (Å²) in [6, 6.07) is 37.6. The molecule has 1 atom stereocenters.